The standard InChI is InChI=1S/C26H24Cl2N2O3/c1-4-30-22-15-24(33-3)23(32-2)14-18(22)25(17-8-6-5-7-9-17)29-21(26(30)31)13-16-10-11-19(27)20(28)12-16/h5-12,14-15,21H,4,13H2,1-3H3. The Balaban J connectivity index is 1.91. The van der Waals surface area contributed by atoms with E-state index in [2.05, 4.69) is 0 Å². The van der Waals surface area contributed by atoms with Crippen molar-refractivity contribution in [3.63, 3.8) is 0 Å². The van der Waals surface area contributed by atoms with Crippen LogP contribution in [0.25, 0.3) is 0 Å². The van der Waals surface area contributed by atoms with Gasteiger partial charge in [0.1, 0.15) is 6.04 Å². The number of methoxy groups -OCH3 is 2. The van der Waals surface area contributed by atoms with Crippen molar-refractivity contribution in [2.45, 2.75) is 19.4 Å². The summed E-state index contributed by atoms with van der Waals surface area (Å²) >= 11 is 12.3. The van der Waals surface area contributed by atoms with Crippen molar-refractivity contribution in [1.82, 2.24) is 0 Å². The van der Waals surface area contributed by atoms with Gasteiger partial charge in [0.25, 0.3) is 5.91 Å². The second kappa shape index (κ2) is 9.86. The van der Waals surface area contributed by atoms with E-state index in [1.807, 2.05) is 55.5 Å². The molecule has 0 aliphatic carbocycles. The lowest BCUT2D eigenvalue weighted by molar-refractivity contribution is -0.119. The first-order valence-corrected chi connectivity index (χ1v) is 11.4. The summed E-state index contributed by atoms with van der Waals surface area (Å²) in [5.74, 6) is 1.03. The van der Waals surface area contributed by atoms with E-state index in [1.165, 1.54) is 0 Å². The molecule has 0 fully saturated rings. The predicted octanol–water partition coefficient (Wildman–Crippen LogP) is 5.83. The van der Waals surface area contributed by atoms with Gasteiger partial charge in [-0.2, -0.15) is 0 Å². The number of benzene rings is 3. The van der Waals surface area contributed by atoms with E-state index in [0.717, 1.165) is 28.1 Å². The zero-order valence-electron chi connectivity index (χ0n) is 18.6. The highest BCUT2D eigenvalue weighted by molar-refractivity contribution is 6.42. The van der Waals surface area contributed by atoms with Crippen molar-refractivity contribution in [3.8, 4) is 11.5 Å². The first-order valence-electron chi connectivity index (χ1n) is 10.6. The van der Waals surface area contributed by atoms with E-state index in [0.29, 0.717) is 34.5 Å². The number of halogens is 2. The molecule has 1 aliphatic rings. The van der Waals surface area contributed by atoms with Crippen molar-refractivity contribution in [3.05, 3.63) is 87.4 Å². The second-order valence-electron chi connectivity index (χ2n) is 7.62. The van der Waals surface area contributed by atoms with Crippen molar-refractivity contribution in [2.24, 2.45) is 4.99 Å². The number of fused-ring (bicyclic) bond motifs is 1. The maximum absolute atomic E-state index is 13.7. The molecule has 0 saturated heterocycles. The number of anilines is 1. The number of hydrogen-bond acceptors (Lipinski definition) is 4. The molecular formula is C26H24Cl2N2O3. The highest BCUT2D eigenvalue weighted by Gasteiger charge is 2.32. The molecule has 5 nitrogen and oxygen atoms in total. The molecule has 0 aromatic heterocycles. The van der Waals surface area contributed by atoms with Crippen LogP contribution in [0.2, 0.25) is 10.0 Å². The average Bonchev–Trinajstić information content (AvgIpc) is 2.95. The van der Waals surface area contributed by atoms with Crippen LogP contribution in [0.4, 0.5) is 5.69 Å². The molecule has 1 unspecified atom stereocenters. The van der Waals surface area contributed by atoms with Crippen LogP contribution in [0.3, 0.4) is 0 Å². The fraction of sp³-hybridized carbons (Fsp3) is 0.231. The number of ether oxygens (including phenoxy) is 2. The number of benzodiazepines with no additional fused rings is 1. The first kappa shape index (κ1) is 23.1. The SMILES string of the molecule is CCN1C(=O)C(Cc2ccc(Cl)c(Cl)c2)N=C(c2ccccc2)c2cc(OC)c(OC)cc21. The Hall–Kier alpha value is -3.02. The van der Waals surface area contributed by atoms with Crippen LogP contribution < -0.4 is 14.4 Å². The van der Waals surface area contributed by atoms with Crippen LogP contribution in [0.15, 0.2) is 65.7 Å². The number of nitrogens with zero attached hydrogens (tertiary/aromatic N) is 2. The van der Waals surface area contributed by atoms with Gasteiger partial charge in [0.2, 0.25) is 0 Å². The number of rotatable bonds is 6. The van der Waals surface area contributed by atoms with Gasteiger partial charge in [0, 0.05) is 30.2 Å². The molecule has 33 heavy (non-hydrogen) atoms. The topological polar surface area (TPSA) is 51.1 Å². The Morgan fingerprint density at radius 1 is 0.939 bits per heavy atom. The number of carbonyl (C=O) groups is 1. The first-order chi connectivity index (χ1) is 16.0. The fourth-order valence-electron chi connectivity index (χ4n) is 4.04. The molecule has 1 aliphatic heterocycles. The fourth-order valence-corrected chi connectivity index (χ4v) is 4.36. The molecular weight excluding hydrogens is 459 g/mol. The van der Waals surface area contributed by atoms with Crippen LogP contribution in [0.5, 0.6) is 11.5 Å². The minimum atomic E-state index is -0.637. The van der Waals surface area contributed by atoms with E-state index < -0.39 is 6.04 Å². The van der Waals surface area contributed by atoms with Gasteiger partial charge in [-0.25, -0.2) is 0 Å². The van der Waals surface area contributed by atoms with Gasteiger partial charge < -0.3 is 14.4 Å². The number of aliphatic imine (C=N–C) groups is 1. The molecule has 4 rings (SSSR count). The van der Waals surface area contributed by atoms with Gasteiger partial charge in [0.05, 0.1) is 35.7 Å². The van der Waals surface area contributed by atoms with Crippen molar-refractivity contribution in [1.29, 1.82) is 0 Å². The summed E-state index contributed by atoms with van der Waals surface area (Å²) in [5, 5.41) is 0.926. The zero-order valence-corrected chi connectivity index (χ0v) is 20.2. The lowest BCUT2D eigenvalue weighted by atomic mass is 9.99. The smallest absolute Gasteiger partial charge is 0.252 e. The Kier molecular flexibility index (Phi) is 6.91. The molecule has 3 aromatic carbocycles. The Morgan fingerprint density at radius 3 is 2.27 bits per heavy atom. The predicted molar refractivity (Wildman–Crippen MR) is 134 cm³/mol. The van der Waals surface area contributed by atoms with E-state index in [1.54, 1.807) is 31.3 Å². The highest BCUT2D eigenvalue weighted by Crippen LogP contribution is 2.38. The molecule has 0 N–H and O–H groups in total. The lowest BCUT2D eigenvalue weighted by Gasteiger charge is -2.25. The zero-order chi connectivity index (χ0) is 23.5. The molecule has 0 bridgehead atoms. The molecule has 1 atom stereocenters. The number of hydrogen-bond donors (Lipinski definition) is 0. The molecule has 0 saturated carbocycles. The molecule has 0 radical (unpaired) electrons. The van der Waals surface area contributed by atoms with E-state index in [4.69, 9.17) is 37.7 Å². The maximum Gasteiger partial charge on any atom is 0.252 e. The van der Waals surface area contributed by atoms with Crippen LogP contribution in [-0.4, -0.2) is 38.4 Å². The lowest BCUT2D eigenvalue weighted by Crippen LogP contribution is -2.38. The Bertz CT molecular complexity index is 1210. The van der Waals surface area contributed by atoms with Gasteiger partial charge >= 0.3 is 0 Å². The third-order valence-corrected chi connectivity index (χ3v) is 6.40. The monoisotopic (exact) mass is 482 g/mol. The molecule has 3 aromatic rings. The summed E-state index contributed by atoms with van der Waals surface area (Å²) < 4.78 is 11.1. The molecule has 170 valence electrons. The third-order valence-electron chi connectivity index (χ3n) is 5.66. The van der Waals surface area contributed by atoms with Crippen molar-refractivity contribution in [2.75, 3.05) is 25.7 Å². The average molecular weight is 483 g/mol. The Labute approximate surface area is 203 Å². The second-order valence-corrected chi connectivity index (χ2v) is 8.43. The highest BCUT2D eigenvalue weighted by atomic mass is 35.5. The van der Waals surface area contributed by atoms with Crippen LogP contribution in [0, 0.1) is 0 Å². The van der Waals surface area contributed by atoms with Gasteiger partial charge in [-0.1, -0.05) is 59.6 Å². The largest absolute Gasteiger partial charge is 0.493 e. The van der Waals surface area contributed by atoms with E-state index in [9.17, 15) is 4.79 Å². The quantitative estimate of drug-likeness (QED) is 0.444. The Morgan fingerprint density at radius 2 is 1.64 bits per heavy atom. The van der Waals surface area contributed by atoms with E-state index in [-0.39, 0.29) is 5.91 Å². The number of carbonyl (C=O) groups excluding carboxylic acids is 1. The summed E-state index contributed by atoms with van der Waals surface area (Å²) in [6.45, 7) is 2.43. The summed E-state index contributed by atoms with van der Waals surface area (Å²) in [7, 11) is 3.18. The minimum absolute atomic E-state index is 0.0945. The van der Waals surface area contributed by atoms with Crippen molar-refractivity contribution < 1.29 is 14.3 Å². The van der Waals surface area contributed by atoms with Gasteiger partial charge in [-0.15, -0.1) is 0 Å². The molecule has 0 spiro atoms. The molecule has 1 heterocycles. The maximum atomic E-state index is 13.7. The van der Waals surface area contributed by atoms with Crippen LogP contribution in [0.1, 0.15) is 23.6 Å². The number of likely N-dealkylation sites (N-methyl/N-ethyl adjacent to an activating group) is 1. The molecule has 7 heteroatoms. The summed E-state index contributed by atoms with van der Waals surface area (Å²) in [5.41, 5.74) is 4.07. The van der Waals surface area contributed by atoms with Gasteiger partial charge in [-0.05, 0) is 30.7 Å². The summed E-state index contributed by atoms with van der Waals surface area (Å²) in [4.78, 5) is 20.5. The number of amides is 1. The summed E-state index contributed by atoms with van der Waals surface area (Å²) in [6, 6.07) is 18.3. The normalized spacial score (nSPS) is 15.5. The molecule has 1 amide bonds. The van der Waals surface area contributed by atoms with Crippen LogP contribution in [-0.2, 0) is 11.2 Å². The minimum Gasteiger partial charge on any atom is -0.493 e. The van der Waals surface area contributed by atoms with Crippen LogP contribution >= 0.6 is 23.2 Å². The van der Waals surface area contributed by atoms with Gasteiger partial charge in [0.15, 0.2) is 11.5 Å². The summed E-state index contributed by atoms with van der Waals surface area (Å²) in [6.07, 6.45) is 0.394. The van der Waals surface area contributed by atoms with Gasteiger partial charge in [-0.3, -0.25) is 9.79 Å². The third kappa shape index (κ3) is 4.56. The van der Waals surface area contributed by atoms with E-state index >= 15 is 0 Å². The van der Waals surface area contributed by atoms with Crippen molar-refractivity contribution >= 4 is 40.5 Å².